The largest absolute Gasteiger partial charge is 0.444 e. The van der Waals surface area contributed by atoms with Crippen molar-refractivity contribution in [2.75, 3.05) is 13.6 Å². The van der Waals surface area contributed by atoms with Gasteiger partial charge in [0.25, 0.3) is 0 Å². The predicted molar refractivity (Wildman–Crippen MR) is 91.1 cm³/mol. The van der Waals surface area contributed by atoms with E-state index in [0.717, 1.165) is 24.8 Å². The zero-order valence-corrected chi connectivity index (χ0v) is 14.7. The summed E-state index contributed by atoms with van der Waals surface area (Å²) >= 11 is 5.97. The summed E-state index contributed by atoms with van der Waals surface area (Å²) in [6, 6.07) is 7.62. The zero-order chi connectivity index (χ0) is 16.8. The minimum absolute atomic E-state index is 0.0227. The number of halogens is 1. The average molecular weight is 327 g/mol. The van der Waals surface area contributed by atoms with Crippen LogP contribution in [0.15, 0.2) is 24.3 Å². The highest BCUT2D eigenvalue weighted by Crippen LogP contribution is 2.20. The van der Waals surface area contributed by atoms with Gasteiger partial charge in [-0.2, -0.15) is 0 Å². The highest BCUT2D eigenvalue weighted by atomic mass is 35.5. The molecule has 1 rings (SSSR count). The van der Waals surface area contributed by atoms with Gasteiger partial charge in [-0.1, -0.05) is 23.7 Å². The third-order valence-corrected chi connectivity index (χ3v) is 3.48. The molecule has 1 atom stereocenters. The fourth-order valence-electron chi connectivity index (χ4n) is 2.05. The Morgan fingerprint density at radius 1 is 1.36 bits per heavy atom. The fourth-order valence-corrected chi connectivity index (χ4v) is 2.25. The number of ether oxygens (including phenoxy) is 1. The number of rotatable bonds is 6. The van der Waals surface area contributed by atoms with Gasteiger partial charge in [-0.3, -0.25) is 0 Å². The molecule has 1 unspecified atom stereocenters. The van der Waals surface area contributed by atoms with Crippen molar-refractivity contribution >= 4 is 17.7 Å². The maximum Gasteiger partial charge on any atom is 0.410 e. The Morgan fingerprint density at radius 3 is 2.64 bits per heavy atom. The van der Waals surface area contributed by atoms with Gasteiger partial charge >= 0.3 is 6.09 Å². The third-order valence-electron chi connectivity index (χ3n) is 3.24. The van der Waals surface area contributed by atoms with E-state index in [1.165, 1.54) is 0 Å². The quantitative estimate of drug-likeness (QED) is 0.789. The number of carbonyl (C=O) groups excluding carboxylic acids is 1. The van der Waals surface area contributed by atoms with Gasteiger partial charge in [0.15, 0.2) is 0 Å². The molecule has 0 radical (unpaired) electrons. The molecule has 1 aromatic rings. The minimum Gasteiger partial charge on any atom is -0.444 e. The number of nitrogens with zero attached hydrogens (tertiary/aromatic N) is 1. The molecule has 2 N–H and O–H groups in total. The SMILES string of the molecule is CN(CCCCC(N)c1cccc(Cl)c1)C(=O)OC(C)(C)C. The van der Waals surface area contributed by atoms with Crippen molar-refractivity contribution < 1.29 is 9.53 Å². The van der Waals surface area contributed by atoms with E-state index in [-0.39, 0.29) is 12.1 Å². The lowest BCUT2D eigenvalue weighted by atomic mass is 10.0. The molecule has 0 aliphatic carbocycles. The molecule has 4 nitrogen and oxygen atoms in total. The van der Waals surface area contributed by atoms with Crippen LogP contribution < -0.4 is 5.73 Å². The second kappa shape index (κ2) is 8.39. The van der Waals surface area contributed by atoms with Gasteiger partial charge in [-0.25, -0.2) is 4.79 Å². The highest BCUT2D eigenvalue weighted by molar-refractivity contribution is 6.30. The van der Waals surface area contributed by atoms with Crippen molar-refractivity contribution in [1.29, 1.82) is 0 Å². The van der Waals surface area contributed by atoms with Crippen LogP contribution in [0.5, 0.6) is 0 Å². The van der Waals surface area contributed by atoms with E-state index in [2.05, 4.69) is 0 Å². The highest BCUT2D eigenvalue weighted by Gasteiger charge is 2.19. The van der Waals surface area contributed by atoms with E-state index in [1.54, 1.807) is 11.9 Å². The molecule has 0 saturated carbocycles. The molecule has 1 amide bonds. The summed E-state index contributed by atoms with van der Waals surface area (Å²) in [6.45, 7) is 6.26. The number of nitrogens with two attached hydrogens (primary N) is 1. The number of benzene rings is 1. The Morgan fingerprint density at radius 2 is 2.05 bits per heavy atom. The van der Waals surface area contributed by atoms with E-state index < -0.39 is 5.60 Å². The number of amides is 1. The summed E-state index contributed by atoms with van der Waals surface area (Å²) in [7, 11) is 1.75. The van der Waals surface area contributed by atoms with E-state index in [9.17, 15) is 4.79 Å². The topological polar surface area (TPSA) is 55.6 Å². The minimum atomic E-state index is -0.458. The molecular formula is C17H27ClN2O2. The maximum absolute atomic E-state index is 11.8. The second-order valence-corrected chi connectivity index (χ2v) is 7.00. The van der Waals surface area contributed by atoms with Crippen LogP contribution in [0.1, 0.15) is 51.6 Å². The zero-order valence-electron chi connectivity index (χ0n) is 13.9. The summed E-state index contributed by atoms with van der Waals surface area (Å²) < 4.78 is 5.31. The number of hydrogen-bond acceptors (Lipinski definition) is 3. The van der Waals surface area contributed by atoms with Crippen LogP contribution in [0.3, 0.4) is 0 Å². The predicted octanol–water partition coefficient (Wildman–Crippen LogP) is 4.38. The van der Waals surface area contributed by atoms with Crippen LogP contribution in [-0.4, -0.2) is 30.2 Å². The van der Waals surface area contributed by atoms with E-state index in [1.807, 2.05) is 45.0 Å². The van der Waals surface area contributed by atoms with Gasteiger partial charge in [0.05, 0.1) is 0 Å². The lowest BCUT2D eigenvalue weighted by molar-refractivity contribution is 0.0296. The molecule has 0 aromatic heterocycles. The van der Waals surface area contributed by atoms with E-state index in [0.29, 0.717) is 11.6 Å². The van der Waals surface area contributed by atoms with Crippen molar-refractivity contribution in [3.05, 3.63) is 34.9 Å². The summed E-state index contributed by atoms with van der Waals surface area (Å²) in [4.78, 5) is 13.4. The molecule has 0 aliphatic rings. The Labute approximate surface area is 138 Å². The summed E-state index contributed by atoms with van der Waals surface area (Å²) in [6.07, 6.45) is 2.42. The van der Waals surface area contributed by atoms with Crippen molar-refractivity contribution in [3.63, 3.8) is 0 Å². The molecule has 124 valence electrons. The summed E-state index contributed by atoms with van der Waals surface area (Å²) in [5.74, 6) is 0. The lowest BCUT2D eigenvalue weighted by Gasteiger charge is -2.24. The monoisotopic (exact) mass is 326 g/mol. The van der Waals surface area contributed by atoms with Crippen LogP contribution in [0.4, 0.5) is 4.79 Å². The van der Waals surface area contributed by atoms with Gasteiger partial charge in [0.1, 0.15) is 5.60 Å². The van der Waals surface area contributed by atoms with Crippen molar-refractivity contribution in [1.82, 2.24) is 4.90 Å². The molecule has 0 bridgehead atoms. The summed E-state index contributed by atoms with van der Waals surface area (Å²) in [5, 5.41) is 0.706. The average Bonchev–Trinajstić information content (AvgIpc) is 2.41. The van der Waals surface area contributed by atoms with Crippen LogP contribution in [0, 0.1) is 0 Å². The van der Waals surface area contributed by atoms with Crippen LogP contribution >= 0.6 is 11.6 Å². The first kappa shape index (κ1) is 18.8. The molecule has 0 heterocycles. The van der Waals surface area contributed by atoms with Crippen LogP contribution in [0.25, 0.3) is 0 Å². The Hall–Kier alpha value is -1.26. The van der Waals surface area contributed by atoms with Crippen molar-refractivity contribution in [2.45, 2.75) is 51.7 Å². The summed E-state index contributed by atoms with van der Waals surface area (Å²) in [5.41, 5.74) is 6.75. The molecule has 0 saturated heterocycles. The van der Waals surface area contributed by atoms with Crippen LogP contribution in [-0.2, 0) is 4.74 Å². The molecule has 0 spiro atoms. The van der Waals surface area contributed by atoms with Crippen molar-refractivity contribution in [2.24, 2.45) is 5.73 Å². The van der Waals surface area contributed by atoms with Gasteiger partial charge in [0.2, 0.25) is 0 Å². The standard InChI is InChI=1S/C17H27ClN2O2/c1-17(2,3)22-16(21)20(4)11-6-5-10-15(19)13-8-7-9-14(18)12-13/h7-9,12,15H,5-6,10-11,19H2,1-4H3. The second-order valence-electron chi connectivity index (χ2n) is 6.56. The number of hydrogen-bond donors (Lipinski definition) is 1. The van der Waals surface area contributed by atoms with Gasteiger partial charge < -0.3 is 15.4 Å². The van der Waals surface area contributed by atoms with E-state index in [4.69, 9.17) is 22.1 Å². The third kappa shape index (κ3) is 7.14. The molecule has 0 fully saturated rings. The molecule has 0 aliphatic heterocycles. The first-order valence-corrected chi connectivity index (χ1v) is 8.02. The van der Waals surface area contributed by atoms with Crippen molar-refractivity contribution in [3.8, 4) is 0 Å². The first-order valence-electron chi connectivity index (χ1n) is 7.64. The molecule has 1 aromatic carbocycles. The lowest BCUT2D eigenvalue weighted by Crippen LogP contribution is -2.34. The van der Waals surface area contributed by atoms with Crippen LogP contribution in [0.2, 0.25) is 5.02 Å². The Balaban J connectivity index is 2.28. The maximum atomic E-state index is 11.8. The number of carbonyl (C=O) groups is 1. The van der Waals surface area contributed by atoms with E-state index >= 15 is 0 Å². The molecule has 5 heteroatoms. The van der Waals surface area contributed by atoms with Gasteiger partial charge in [-0.05, 0) is 57.7 Å². The molecular weight excluding hydrogens is 300 g/mol. The Bertz CT molecular complexity index is 486. The van der Waals surface area contributed by atoms with Gasteiger partial charge in [-0.15, -0.1) is 0 Å². The Kier molecular flexibility index (Phi) is 7.17. The molecule has 22 heavy (non-hydrogen) atoms. The smallest absolute Gasteiger partial charge is 0.410 e. The van der Waals surface area contributed by atoms with Gasteiger partial charge in [0, 0.05) is 24.7 Å². The fraction of sp³-hybridized carbons (Fsp3) is 0.588. The normalized spacial score (nSPS) is 12.8. The first-order chi connectivity index (χ1) is 10.2. The number of unbranched alkanes of at least 4 members (excludes halogenated alkanes) is 1.